The standard InChI is InChI=1S/C15H16BrClN2O/c1-4-12-15(16)13(19(3)18-12)8-14(20)10-5-9(2)6-11(17)7-10/h5-7H,4,8H2,1-3H3. The van der Waals surface area contributed by atoms with Crippen LogP contribution in [0.15, 0.2) is 22.7 Å². The molecule has 106 valence electrons. The van der Waals surface area contributed by atoms with Crippen LogP contribution < -0.4 is 0 Å². The largest absolute Gasteiger partial charge is 0.294 e. The summed E-state index contributed by atoms with van der Waals surface area (Å²) < 4.78 is 2.69. The van der Waals surface area contributed by atoms with Crippen LogP contribution in [0.2, 0.25) is 5.02 Å². The molecular weight excluding hydrogens is 340 g/mol. The summed E-state index contributed by atoms with van der Waals surface area (Å²) in [4.78, 5) is 12.4. The van der Waals surface area contributed by atoms with Crippen LogP contribution >= 0.6 is 27.5 Å². The van der Waals surface area contributed by atoms with Crippen LogP contribution in [-0.4, -0.2) is 15.6 Å². The van der Waals surface area contributed by atoms with Crippen LogP contribution in [0, 0.1) is 6.92 Å². The highest BCUT2D eigenvalue weighted by molar-refractivity contribution is 9.10. The first-order valence-electron chi connectivity index (χ1n) is 6.43. The van der Waals surface area contributed by atoms with E-state index in [2.05, 4.69) is 21.0 Å². The molecule has 0 radical (unpaired) electrons. The lowest BCUT2D eigenvalue weighted by Crippen LogP contribution is -2.08. The van der Waals surface area contributed by atoms with Crippen molar-refractivity contribution in [3.8, 4) is 0 Å². The number of hydrogen-bond donors (Lipinski definition) is 0. The Morgan fingerprint density at radius 1 is 1.40 bits per heavy atom. The van der Waals surface area contributed by atoms with Crippen molar-refractivity contribution in [2.75, 3.05) is 0 Å². The lowest BCUT2D eigenvalue weighted by molar-refractivity contribution is 0.0990. The Bertz CT molecular complexity index is 644. The molecule has 0 bridgehead atoms. The summed E-state index contributed by atoms with van der Waals surface area (Å²) in [5.41, 5.74) is 3.49. The second kappa shape index (κ2) is 6.10. The molecule has 0 aliphatic carbocycles. The normalized spacial score (nSPS) is 10.8. The highest BCUT2D eigenvalue weighted by Gasteiger charge is 2.17. The number of carbonyl (C=O) groups excluding carboxylic acids is 1. The molecule has 0 saturated carbocycles. The average Bonchev–Trinajstić information content (AvgIpc) is 2.65. The lowest BCUT2D eigenvalue weighted by atomic mass is 10.0. The van der Waals surface area contributed by atoms with E-state index < -0.39 is 0 Å². The third-order valence-electron chi connectivity index (χ3n) is 3.20. The van der Waals surface area contributed by atoms with E-state index in [1.165, 1.54) is 0 Å². The van der Waals surface area contributed by atoms with Gasteiger partial charge in [0, 0.05) is 17.6 Å². The van der Waals surface area contributed by atoms with E-state index in [9.17, 15) is 4.79 Å². The number of nitrogens with zero attached hydrogens (tertiary/aromatic N) is 2. The van der Waals surface area contributed by atoms with Gasteiger partial charge in [-0.15, -0.1) is 0 Å². The van der Waals surface area contributed by atoms with Gasteiger partial charge in [0.2, 0.25) is 0 Å². The summed E-state index contributed by atoms with van der Waals surface area (Å²) in [5, 5.41) is 4.99. The maximum atomic E-state index is 12.4. The quantitative estimate of drug-likeness (QED) is 0.773. The Labute approximate surface area is 132 Å². The van der Waals surface area contributed by atoms with Gasteiger partial charge in [-0.05, 0) is 53.0 Å². The van der Waals surface area contributed by atoms with Crippen molar-refractivity contribution in [1.29, 1.82) is 0 Å². The summed E-state index contributed by atoms with van der Waals surface area (Å²) in [5.74, 6) is 0.0435. The van der Waals surface area contributed by atoms with Crippen LogP contribution in [-0.2, 0) is 19.9 Å². The third kappa shape index (κ3) is 3.13. The maximum absolute atomic E-state index is 12.4. The topological polar surface area (TPSA) is 34.9 Å². The number of carbonyl (C=O) groups is 1. The molecule has 3 nitrogen and oxygen atoms in total. The molecule has 0 aliphatic heterocycles. The molecular formula is C15H16BrClN2O. The van der Waals surface area contributed by atoms with Crippen LogP contribution in [0.5, 0.6) is 0 Å². The monoisotopic (exact) mass is 354 g/mol. The smallest absolute Gasteiger partial charge is 0.168 e. The first-order chi connectivity index (χ1) is 9.42. The van der Waals surface area contributed by atoms with Crippen molar-refractivity contribution >= 4 is 33.3 Å². The Kier molecular flexibility index (Phi) is 4.66. The minimum atomic E-state index is 0.0435. The van der Waals surface area contributed by atoms with Crippen molar-refractivity contribution in [2.45, 2.75) is 26.7 Å². The summed E-state index contributed by atoms with van der Waals surface area (Å²) in [7, 11) is 1.86. The zero-order valence-electron chi connectivity index (χ0n) is 11.7. The molecule has 2 rings (SSSR count). The third-order valence-corrected chi connectivity index (χ3v) is 4.33. The highest BCUT2D eigenvalue weighted by atomic mass is 79.9. The molecule has 1 aromatic heterocycles. The van der Waals surface area contributed by atoms with Crippen LogP contribution in [0.3, 0.4) is 0 Å². The number of ketones is 1. The molecule has 0 aliphatic rings. The Balaban J connectivity index is 2.30. The molecule has 1 aromatic carbocycles. The molecule has 0 spiro atoms. The summed E-state index contributed by atoms with van der Waals surface area (Å²) in [6.45, 7) is 3.97. The van der Waals surface area contributed by atoms with E-state index in [1.807, 2.05) is 33.0 Å². The predicted molar refractivity (Wildman–Crippen MR) is 84.5 cm³/mol. The molecule has 0 N–H and O–H groups in total. The summed E-state index contributed by atoms with van der Waals surface area (Å²) in [6, 6.07) is 5.41. The van der Waals surface area contributed by atoms with Crippen LogP contribution in [0.25, 0.3) is 0 Å². The van der Waals surface area contributed by atoms with Crippen molar-refractivity contribution in [3.63, 3.8) is 0 Å². The SMILES string of the molecule is CCc1nn(C)c(CC(=O)c2cc(C)cc(Cl)c2)c1Br. The minimum absolute atomic E-state index is 0.0435. The predicted octanol–water partition coefficient (Wildman–Crippen LogP) is 4.13. The van der Waals surface area contributed by atoms with Gasteiger partial charge in [0.25, 0.3) is 0 Å². The number of aryl methyl sites for hydroxylation is 3. The second-order valence-electron chi connectivity index (χ2n) is 4.80. The van der Waals surface area contributed by atoms with Gasteiger partial charge in [-0.25, -0.2) is 0 Å². The van der Waals surface area contributed by atoms with E-state index in [0.29, 0.717) is 17.0 Å². The fourth-order valence-electron chi connectivity index (χ4n) is 2.16. The molecule has 5 heteroatoms. The Hall–Kier alpha value is -1.13. The highest BCUT2D eigenvalue weighted by Crippen LogP contribution is 2.24. The average molecular weight is 356 g/mol. The van der Waals surface area contributed by atoms with E-state index in [4.69, 9.17) is 11.6 Å². The zero-order chi connectivity index (χ0) is 14.9. The van der Waals surface area contributed by atoms with Gasteiger partial charge in [-0.2, -0.15) is 5.10 Å². The van der Waals surface area contributed by atoms with Gasteiger partial charge < -0.3 is 0 Å². The molecule has 0 saturated heterocycles. The lowest BCUT2D eigenvalue weighted by Gasteiger charge is -2.05. The van der Waals surface area contributed by atoms with E-state index >= 15 is 0 Å². The van der Waals surface area contributed by atoms with Crippen LogP contribution in [0.1, 0.15) is 34.2 Å². The number of hydrogen-bond acceptors (Lipinski definition) is 2. The zero-order valence-corrected chi connectivity index (χ0v) is 14.0. The van der Waals surface area contributed by atoms with Crippen molar-refractivity contribution in [1.82, 2.24) is 9.78 Å². The van der Waals surface area contributed by atoms with Gasteiger partial charge in [0.05, 0.1) is 22.3 Å². The fraction of sp³-hybridized carbons (Fsp3) is 0.333. The number of Topliss-reactive ketones (excluding diaryl/α,β-unsaturated/α-hetero) is 1. The fourth-order valence-corrected chi connectivity index (χ4v) is 3.21. The van der Waals surface area contributed by atoms with Crippen molar-refractivity contribution < 1.29 is 4.79 Å². The molecule has 0 unspecified atom stereocenters. The Morgan fingerprint density at radius 3 is 2.65 bits per heavy atom. The van der Waals surface area contributed by atoms with Gasteiger partial charge in [-0.1, -0.05) is 18.5 Å². The molecule has 0 amide bonds. The first kappa shape index (κ1) is 15.3. The van der Waals surface area contributed by atoms with Gasteiger partial charge in [-0.3, -0.25) is 9.48 Å². The van der Waals surface area contributed by atoms with E-state index in [0.717, 1.165) is 27.8 Å². The molecule has 2 aromatic rings. The van der Waals surface area contributed by atoms with Crippen molar-refractivity contribution in [3.05, 3.63) is 50.2 Å². The van der Waals surface area contributed by atoms with Gasteiger partial charge in [0.1, 0.15) is 0 Å². The summed E-state index contributed by atoms with van der Waals surface area (Å²) in [6.07, 6.45) is 1.14. The van der Waals surface area contributed by atoms with Crippen molar-refractivity contribution in [2.24, 2.45) is 7.05 Å². The number of aromatic nitrogens is 2. The number of halogens is 2. The number of rotatable bonds is 4. The molecule has 20 heavy (non-hydrogen) atoms. The van der Waals surface area contributed by atoms with Gasteiger partial charge in [0.15, 0.2) is 5.78 Å². The maximum Gasteiger partial charge on any atom is 0.168 e. The van der Waals surface area contributed by atoms with E-state index in [1.54, 1.807) is 10.7 Å². The van der Waals surface area contributed by atoms with E-state index in [-0.39, 0.29) is 5.78 Å². The first-order valence-corrected chi connectivity index (χ1v) is 7.60. The van der Waals surface area contributed by atoms with Crippen LogP contribution in [0.4, 0.5) is 0 Å². The molecule has 0 atom stereocenters. The second-order valence-corrected chi connectivity index (χ2v) is 6.03. The molecule has 1 heterocycles. The van der Waals surface area contributed by atoms with Gasteiger partial charge >= 0.3 is 0 Å². The minimum Gasteiger partial charge on any atom is -0.294 e. The number of benzene rings is 1. The summed E-state index contributed by atoms with van der Waals surface area (Å²) >= 11 is 9.54. The Morgan fingerprint density at radius 2 is 2.10 bits per heavy atom. The molecule has 0 fully saturated rings.